The lowest BCUT2D eigenvalue weighted by Gasteiger charge is -2.09. The van der Waals surface area contributed by atoms with E-state index in [1.54, 1.807) is 30.3 Å². The summed E-state index contributed by atoms with van der Waals surface area (Å²) < 4.78 is 6.66. The Hall–Kier alpha value is -3.45. The lowest BCUT2D eigenvalue weighted by atomic mass is 10.3. The van der Waals surface area contributed by atoms with Crippen LogP contribution in [0.25, 0.3) is 10.2 Å². The monoisotopic (exact) mass is 550 g/mol. The number of non-ortho nitro benzene ring substituents is 1. The van der Waals surface area contributed by atoms with Crippen molar-refractivity contribution in [3.05, 3.63) is 84.9 Å². The lowest BCUT2D eigenvalue weighted by Crippen LogP contribution is -2.20. The zero-order valence-electron chi connectivity index (χ0n) is 17.3. The van der Waals surface area contributed by atoms with E-state index in [0.717, 1.165) is 22.5 Å². The molecule has 0 radical (unpaired) electrons. The number of fused-ring (bicyclic) bond motifs is 1. The molecular formula is C21H12Cl2N4O6S2. The van der Waals surface area contributed by atoms with Gasteiger partial charge >= 0.3 is 0 Å². The van der Waals surface area contributed by atoms with Crippen molar-refractivity contribution >= 4 is 79.5 Å². The van der Waals surface area contributed by atoms with Crippen LogP contribution in [-0.4, -0.2) is 27.3 Å². The highest BCUT2D eigenvalue weighted by Crippen LogP contribution is 2.40. The van der Waals surface area contributed by atoms with Crippen LogP contribution in [0.15, 0.2) is 63.8 Å². The molecular weight excluding hydrogens is 539 g/mol. The number of rotatable bonds is 8. The number of nitro groups is 2. The summed E-state index contributed by atoms with van der Waals surface area (Å²) in [6.45, 7) is -0.271. The van der Waals surface area contributed by atoms with Crippen LogP contribution in [0.3, 0.4) is 0 Å². The summed E-state index contributed by atoms with van der Waals surface area (Å²) in [4.78, 5) is 37.9. The van der Waals surface area contributed by atoms with Gasteiger partial charge in [0.1, 0.15) is 5.75 Å². The molecule has 1 N–H and O–H groups in total. The van der Waals surface area contributed by atoms with E-state index in [0.29, 0.717) is 26.3 Å². The molecule has 14 heteroatoms. The fourth-order valence-corrected chi connectivity index (χ4v) is 5.51. The Morgan fingerprint density at radius 2 is 1.86 bits per heavy atom. The van der Waals surface area contributed by atoms with Crippen molar-refractivity contribution in [1.82, 2.24) is 4.98 Å². The van der Waals surface area contributed by atoms with Crippen molar-refractivity contribution in [2.45, 2.75) is 9.24 Å². The van der Waals surface area contributed by atoms with Gasteiger partial charge in [0.2, 0.25) is 0 Å². The highest BCUT2D eigenvalue weighted by Gasteiger charge is 2.21. The van der Waals surface area contributed by atoms with Crippen LogP contribution >= 0.6 is 46.3 Å². The normalized spacial score (nSPS) is 10.8. The summed E-state index contributed by atoms with van der Waals surface area (Å²) in [6, 6.07) is 13.2. The topological polar surface area (TPSA) is 138 Å². The number of aromatic nitrogens is 1. The molecule has 0 fully saturated rings. The molecule has 1 heterocycles. The van der Waals surface area contributed by atoms with E-state index in [1.165, 1.54) is 29.5 Å². The van der Waals surface area contributed by atoms with Gasteiger partial charge in [-0.3, -0.25) is 25.0 Å². The number of nitrogens with one attached hydrogen (secondary N) is 1. The van der Waals surface area contributed by atoms with Crippen molar-refractivity contribution in [3.8, 4) is 5.75 Å². The number of anilines is 1. The maximum atomic E-state index is 12.3. The Balaban J connectivity index is 1.46. The molecule has 0 saturated carbocycles. The number of hydrogen-bond donors (Lipinski definition) is 1. The molecule has 0 atom stereocenters. The van der Waals surface area contributed by atoms with Crippen molar-refractivity contribution in [1.29, 1.82) is 0 Å². The minimum atomic E-state index is -0.690. The second-order valence-corrected chi connectivity index (χ2v) is 10.0. The fraction of sp³-hybridized carbons (Fsp3) is 0.0476. The standard InChI is InChI=1S/C21H12Cl2N4O6S2/c22-11-1-5-17(14(23)7-11)33-10-20(28)24-12-2-4-15-19(8-12)35-21(25-15)34-18-6-3-13(26(29)30)9-16(18)27(31)32/h1-9H,10H2,(H,24,28). The van der Waals surface area contributed by atoms with E-state index < -0.39 is 15.8 Å². The van der Waals surface area contributed by atoms with E-state index in [1.807, 2.05) is 0 Å². The smallest absolute Gasteiger partial charge is 0.290 e. The molecule has 1 aromatic heterocycles. The Labute approximate surface area is 215 Å². The number of nitro benzene ring substituents is 2. The summed E-state index contributed by atoms with van der Waals surface area (Å²) in [7, 11) is 0. The van der Waals surface area contributed by atoms with Crippen LogP contribution in [0.5, 0.6) is 5.75 Å². The predicted molar refractivity (Wildman–Crippen MR) is 134 cm³/mol. The minimum absolute atomic E-state index is 0.228. The number of halogens is 2. The molecule has 4 rings (SSSR count). The third kappa shape index (κ3) is 5.98. The van der Waals surface area contributed by atoms with Gasteiger partial charge in [0, 0.05) is 16.8 Å². The molecule has 0 unspecified atom stereocenters. The summed E-state index contributed by atoms with van der Waals surface area (Å²) in [5.41, 5.74) is 0.393. The highest BCUT2D eigenvalue weighted by atomic mass is 35.5. The summed E-state index contributed by atoms with van der Waals surface area (Å²) >= 11 is 14.2. The van der Waals surface area contributed by atoms with Crippen molar-refractivity contribution in [2.24, 2.45) is 0 Å². The molecule has 0 aliphatic carbocycles. The average molecular weight is 551 g/mol. The number of benzene rings is 3. The predicted octanol–water partition coefficient (Wildman–Crippen LogP) is 6.59. The first-order valence-electron chi connectivity index (χ1n) is 9.58. The molecule has 0 spiro atoms. The first-order valence-corrected chi connectivity index (χ1v) is 12.0. The largest absolute Gasteiger partial charge is 0.482 e. The Morgan fingerprint density at radius 3 is 2.57 bits per heavy atom. The number of nitrogens with zero attached hydrogens (tertiary/aromatic N) is 3. The molecule has 4 aromatic rings. The summed E-state index contributed by atoms with van der Waals surface area (Å²) in [5, 5.41) is 25.8. The van der Waals surface area contributed by atoms with E-state index in [-0.39, 0.29) is 27.9 Å². The van der Waals surface area contributed by atoms with Gasteiger partial charge in [0.15, 0.2) is 10.9 Å². The van der Waals surface area contributed by atoms with E-state index in [4.69, 9.17) is 27.9 Å². The number of thiazole rings is 1. The van der Waals surface area contributed by atoms with E-state index in [2.05, 4.69) is 10.3 Å². The van der Waals surface area contributed by atoms with Gasteiger partial charge in [0.25, 0.3) is 17.3 Å². The second kappa shape index (κ2) is 10.4. The molecule has 0 saturated heterocycles. The van der Waals surface area contributed by atoms with E-state index >= 15 is 0 Å². The van der Waals surface area contributed by atoms with Gasteiger partial charge in [-0.05, 0) is 42.5 Å². The van der Waals surface area contributed by atoms with Crippen molar-refractivity contribution < 1.29 is 19.4 Å². The maximum absolute atomic E-state index is 12.3. The average Bonchev–Trinajstić information content (AvgIpc) is 3.20. The van der Waals surface area contributed by atoms with E-state index in [9.17, 15) is 25.0 Å². The zero-order valence-corrected chi connectivity index (χ0v) is 20.4. The van der Waals surface area contributed by atoms with Gasteiger partial charge in [-0.25, -0.2) is 4.98 Å². The van der Waals surface area contributed by atoms with Gasteiger partial charge < -0.3 is 10.1 Å². The van der Waals surface area contributed by atoms with Crippen LogP contribution < -0.4 is 10.1 Å². The number of hydrogen-bond acceptors (Lipinski definition) is 9. The Morgan fingerprint density at radius 1 is 1.06 bits per heavy atom. The summed E-state index contributed by atoms with van der Waals surface area (Å²) in [5.74, 6) is -0.0814. The van der Waals surface area contributed by atoms with Crippen LogP contribution in [0.2, 0.25) is 10.0 Å². The SMILES string of the molecule is O=C(COc1ccc(Cl)cc1Cl)Nc1ccc2nc(Sc3ccc([N+](=O)[O-])cc3[N+](=O)[O-])sc2c1. The van der Waals surface area contributed by atoms with Crippen LogP contribution in [-0.2, 0) is 4.79 Å². The van der Waals surface area contributed by atoms with Gasteiger partial charge in [0.05, 0.1) is 36.0 Å². The molecule has 35 heavy (non-hydrogen) atoms. The number of carbonyl (C=O) groups excluding carboxylic acids is 1. The van der Waals surface area contributed by atoms with Gasteiger partial charge in [-0.2, -0.15) is 0 Å². The fourth-order valence-electron chi connectivity index (χ4n) is 2.90. The second-order valence-electron chi connectivity index (χ2n) is 6.84. The van der Waals surface area contributed by atoms with Crippen LogP contribution in [0.4, 0.5) is 17.1 Å². The molecule has 0 aliphatic rings. The quantitative estimate of drug-likeness (QED) is 0.191. The number of ether oxygens (including phenoxy) is 1. The number of amides is 1. The summed E-state index contributed by atoms with van der Waals surface area (Å²) in [6.07, 6.45) is 0. The molecule has 3 aromatic carbocycles. The van der Waals surface area contributed by atoms with Crippen molar-refractivity contribution in [2.75, 3.05) is 11.9 Å². The third-order valence-corrected chi connectivity index (χ3v) is 7.13. The number of carbonyl (C=O) groups is 1. The molecule has 178 valence electrons. The van der Waals surface area contributed by atoms with Gasteiger partial charge in [-0.1, -0.05) is 35.0 Å². The maximum Gasteiger partial charge on any atom is 0.290 e. The van der Waals surface area contributed by atoms with Crippen LogP contribution in [0, 0.1) is 20.2 Å². The molecule has 1 amide bonds. The first-order chi connectivity index (χ1) is 16.7. The lowest BCUT2D eigenvalue weighted by molar-refractivity contribution is -0.396. The molecule has 0 aliphatic heterocycles. The molecule has 0 bridgehead atoms. The third-order valence-electron chi connectivity index (χ3n) is 4.45. The minimum Gasteiger partial charge on any atom is -0.482 e. The Bertz CT molecular complexity index is 1480. The molecule has 10 nitrogen and oxygen atoms in total. The van der Waals surface area contributed by atoms with Crippen molar-refractivity contribution in [3.63, 3.8) is 0 Å². The van der Waals surface area contributed by atoms with Gasteiger partial charge in [-0.15, -0.1) is 11.3 Å². The highest BCUT2D eigenvalue weighted by molar-refractivity contribution is 8.01. The Kier molecular flexibility index (Phi) is 7.36. The zero-order chi connectivity index (χ0) is 25.1. The van der Waals surface area contributed by atoms with Crippen LogP contribution in [0.1, 0.15) is 0 Å². The first kappa shape index (κ1) is 24.7.